The fourth-order valence-corrected chi connectivity index (χ4v) is 3.54. The van der Waals surface area contributed by atoms with E-state index in [0.717, 1.165) is 30.7 Å². The summed E-state index contributed by atoms with van der Waals surface area (Å²) in [6, 6.07) is 11.0. The van der Waals surface area contributed by atoms with Crippen molar-refractivity contribution in [1.82, 2.24) is 19.8 Å². The van der Waals surface area contributed by atoms with Gasteiger partial charge in [0.2, 0.25) is 0 Å². The van der Waals surface area contributed by atoms with Gasteiger partial charge in [0.25, 0.3) is 0 Å². The first-order valence-corrected chi connectivity index (χ1v) is 10.6. The van der Waals surface area contributed by atoms with Gasteiger partial charge in [-0.15, -0.1) is 9.94 Å². The summed E-state index contributed by atoms with van der Waals surface area (Å²) in [6.45, 7) is 1.72. The van der Waals surface area contributed by atoms with Gasteiger partial charge in [0.15, 0.2) is 0 Å². The summed E-state index contributed by atoms with van der Waals surface area (Å²) < 4.78 is 43.4. The zero-order valence-corrected chi connectivity index (χ0v) is 17.7. The predicted octanol–water partition coefficient (Wildman–Crippen LogP) is 4.23. The lowest BCUT2D eigenvalue weighted by molar-refractivity contribution is -0.137. The molecule has 3 heterocycles. The van der Waals surface area contributed by atoms with E-state index in [4.69, 9.17) is 9.57 Å². The normalized spacial score (nSPS) is 14.8. The van der Waals surface area contributed by atoms with Crippen LogP contribution >= 0.6 is 0 Å². The Morgan fingerprint density at radius 3 is 2.45 bits per heavy atom. The number of carbonyl (C=O) groups excluding carboxylic acids is 1. The fraction of sp³-hybridized carbons (Fsp3) is 0.348. The highest BCUT2D eigenvalue weighted by molar-refractivity contribution is 5.70. The number of amides is 1. The maximum Gasteiger partial charge on any atom is 0.417 e. The molecule has 1 aliphatic heterocycles. The second kappa shape index (κ2) is 9.93. The quantitative estimate of drug-likeness (QED) is 0.551. The van der Waals surface area contributed by atoms with Gasteiger partial charge >= 0.3 is 12.3 Å². The third kappa shape index (κ3) is 6.24. The summed E-state index contributed by atoms with van der Waals surface area (Å²) in [7, 11) is 0. The van der Waals surface area contributed by atoms with Crippen LogP contribution in [0.1, 0.15) is 29.7 Å². The number of rotatable bonds is 6. The number of benzene rings is 1. The molecule has 0 atom stereocenters. The summed E-state index contributed by atoms with van der Waals surface area (Å²) in [5.74, 6) is 0.754. The maximum atomic E-state index is 12.6. The monoisotopic (exact) mass is 460 g/mol. The fourth-order valence-electron chi connectivity index (χ4n) is 3.54. The lowest BCUT2D eigenvalue weighted by atomic mass is 9.98. The minimum atomic E-state index is -4.40. The van der Waals surface area contributed by atoms with Crippen molar-refractivity contribution >= 4 is 6.09 Å². The molecular formula is C23H23F3N4O3. The Hall–Kier alpha value is -3.56. The number of likely N-dealkylation sites (tertiary alicyclic amines) is 1. The lowest BCUT2D eigenvalue weighted by Gasteiger charge is -2.30. The van der Waals surface area contributed by atoms with Gasteiger partial charge in [-0.25, -0.2) is 4.79 Å². The molecule has 33 heavy (non-hydrogen) atoms. The van der Waals surface area contributed by atoms with Crippen LogP contribution in [0.3, 0.4) is 0 Å². The average molecular weight is 460 g/mol. The van der Waals surface area contributed by atoms with Gasteiger partial charge in [-0.2, -0.15) is 13.2 Å². The maximum absolute atomic E-state index is 12.6. The van der Waals surface area contributed by atoms with Crippen LogP contribution in [0.25, 0.3) is 0 Å². The third-order valence-electron chi connectivity index (χ3n) is 5.46. The van der Waals surface area contributed by atoms with E-state index in [-0.39, 0.29) is 0 Å². The lowest BCUT2D eigenvalue weighted by Crippen LogP contribution is -2.41. The van der Waals surface area contributed by atoms with Crippen LogP contribution < -0.4 is 9.57 Å². The Morgan fingerprint density at radius 1 is 1.09 bits per heavy atom. The molecule has 174 valence electrons. The molecule has 0 aliphatic carbocycles. The Kier molecular flexibility index (Phi) is 6.81. The van der Waals surface area contributed by atoms with Crippen molar-refractivity contribution in [2.45, 2.75) is 25.4 Å². The van der Waals surface area contributed by atoms with E-state index >= 15 is 0 Å². The van der Waals surface area contributed by atoms with Crippen molar-refractivity contribution in [1.29, 1.82) is 0 Å². The Morgan fingerprint density at radius 2 is 1.85 bits per heavy atom. The first-order valence-electron chi connectivity index (χ1n) is 10.6. The van der Waals surface area contributed by atoms with Crippen molar-refractivity contribution in [3.8, 4) is 5.75 Å². The Bertz CT molecular complexity index is 1030. The number of pyridine rings is 1. The summed E-state index contributed by atoms with van der Waals surface area (Å²) in [6.07, 6.45) is 1.41. The summed E-state index contributed by atoms with van der Waals surface area (Å²) in [5, 5.41) is 4.00. The number of alkyl halides is 3. The molecule has 1 fully saturated rings. The van der Waals surface area contributed by atoms with Gasteiger partial charge in [0.05, 0.1) is 18.0 Å². The van der Waals surface area contributed by atoms with Crippen LogP contribution in [0.15, 0.2) is 61.1 Å². The smallest absolute Gasteiger partial charge is 0.410 e. The number of piperidine rings is 1. The highest BCUT2D eigenvalue weighted by atomic mass is 19.4. The zero-order chi connectivity index (χ0) is 23.3. The Labute approximate surface area is 188 Å². The van der Waals surface area contributed by atoms with E-state index in [2.05, 4.69) is 10.1 Å². The molecule has 10 heteroatoms. The molecule has 1 aromatic carbocycles. The molecular weight excluding hydrogens is 437 g/mol. The molecule has 1 amide bonds. The number of carbonyl (C=O) groups is 1. The zero-order valence-electron chi connectivity index (χ0n) is 17.7. The molecule has 1 saturated heterocycles. The van der Waals surface area contributed by atoms with E-state index in [1.54, 1.807) is 47.6 Å². The molecule has 0 unspecified atom stereocenters. The van der Waals surface area contributed by atoms with Crippen LogP contribution in [0.4, 0.5) is 18.0 Å². The van der Waals surface area contributed by atoms with Crippen molar-refractivity contribution < 1.29 is 27.5 Å². The van der Waals surface area contributed by atoms with Crippen LogP contribution in [0.2, 0.25) is 0 Å². The molecule has 0 radical (unpaired) electrons. The number of hydrogen-bond acceptors (Lipinski definition) is 5. The van der Waals surface area contributed by atoms with Crippen LogP contribution in [-0.4, -0.2) is 45.6 Å². The summed E-state index contributed by atoms with van der Waals surface area (Å²) >= 11 is 0. The van der Waals surface area contributed by atoms with Gasteiger partial charge in [0.1, 0.15) is 12.4 Å². The SMILES string of the molecule is O=C(Oc1ccc(Cc2ccc(C(F)(F)F)cn2)cc1)N1CCC(COn2cccn2)CC1. The second-order valence-corrected chi connectivity index (χ2v) is 7.86. The molecule has 1 aliphatic rings. The topological polar surface area (TPSA) is 69.5 Å². The van der Waals surface area contributed by atoms with E-state index in [9.17, 15) is 18.0 Å². The largest absolute Gasteiger partial charge is 0.417 e. The summed E-state index contributed by atoms with van der Waals surface area (Å²) in [5.41, 5.74) is 0.593. The summed E-state index contributed by atoms with van der Waals surface area (Å²) in [4.78, 5) is 25.0. The van der Waals surface area contributed by atoms with Crippen LogP contribution in [0, 0.1) is 5.92 Å². The second-order valence-electron chi connectivity index (χ2n) is 7.86. The van der Waals surface area contributed by atoms with Gasteiger partial charge in [-0.3, -0.25) is 4.98 Å². The highest BCUT2D eigenvalue weighted by Gasteiger charge is 2.30. The Balaban J connectivity index is 1.23. The van der Waals surface area contributed by atoms with Gasteiger partial charge in [-0.1, -0.05) is 12.1 Å². The first-order chi connectivity index (χ1) is 15.9. The van der Waals surface area contributed by atoms with Crippen LogP contribution in [-0.2, 0) is 12.6 Å². The van der Waals surface area contributed by atoms with E-state index < -0.39 is 17.8 Å². The molecule has 0 N–H and O–H groups in total. The molecule has 4 rings (SSSR count). The van der Waals surface area contributed by atoms with E-state index in [1.165, 1.54) is 10.9 Å². The molecule has 0 spiro atoms. The minimum Gasteiger partial charge on any atom is -0.410 e. The highest BCUT2D eigenvalue weighted by Crippen LogP contribution is 2.28. The molecule has 3 aromatic rings. The minimum absolute atomic E-state index is 0.344. The average Bonchev–Trinajstić information content (AvgIpc) is 3.33. The van der Waals surface area contributed by atoms with Crippen molar-refractivity contribution in [2.75, 3.05) is 19.7 Å². The third-order valence-corrected chi connectivity index (χ3v) is 5.46. The number of aromatic nitrogens is 3. The van der Waals surface area contributed by atoms with Gasteiger partial charge in [0, 0.05) is 31.4 Å². The number of nitrogens with zero attached hydrogens (tertiary/aromatic N) is 4. The number of hydrogen-bond donors (Lipinski definition) is 0. The molecule has 0 bridgehead atoms. The van der Waals surface area contributed by atoms with Crippen molar-refractivity contribution in [3.05, 3.63) is 77.9 Å². The number of ether oxygens (including phenoxy) is 1. The van der Waals surface area contributed by atoms with E-state index in [1.807, 2.05) is 0 Å². The predicted molar refractivity (Wildman–Crippen MR) is 112 cm³/mol. The first kappa shape index (κ1) is 22.6. The van der Waals surface area contributed by atoms with Gasteiger partial charge in [-0.05, 0) is 54.7 Å². The van der Waals surface area contributed by atoms with Gasteiger partial charge < -0.3 is 14.5 Å². The molecule has 0 saturated carbocycles. The standard InChI is InChI=1S/C23H23F3N4O3/c24-23(25,26)19-4-5-20(27-15-19)14-17-2-6-21(7-3-17)33-22(31)29-12-8-18(9-13-29)16-32-30-11-1-10-28-30/h1-7,10-11,15,18H,8-9,12-14,16H2. The molecule has 7 nitrogen and oxygen atoms in total. The van der Waals surface area contributed by atoms with Crippen molar-refractivity contribution in [3.63, 3.8) is 0 Å². The molecule has 2 aromatic heterocycles. The van der Waals surface area contributed by atoms with Crippen LogP contribution in [0.5, 0.6) is 5.75 Å². The number of halogens is 3. The van der Waals surface area contributed by atoms with Crippen molar-refractivity contribution in [2.24, 2.45) is 5.92 Å². The van der Waals surface area contributed by atoms with E-state index in [0.29, 0.717) is 43.5 Å².